The molecule has 0 heterocycles. The van der Waals surface area contributed by atoms with Gasteiger partial charge in [-0.1, -0.05) is 25.8 Å². The van der Waals surface area contributed by atoms with E-state index in [2.05, 4.69) is 6.92 Å². The van der Waals surface area contributed by atoms with Crippen molar-refractivity contribution in [3.8, 4) is 0 Å². The van der Waals surface area contributed by atoms with Crippen LogP contribution in [0.15, 0.2) is 12.1 Å². The zero-order valence-electron chi connectivity index (χ0n) is 15.6. The van der Waals surface area contributed by atoms with Crippen LogP contribution in [0.2, 0.25) is 0 Å². The third-order valence-corrected chi connectivity index (χ3v) is 7.75. The van der Waals surface area contributed by atoms with Gasteiger partial charge in [0.1, 0.15) is 0 Å². The number of benzene rings is 1. The van der Waals surface area contributed by atoms with Gasteiger partial charge in [0.15, 0.2) is 11.6 Å². The molecule has 1 unspecified atom stereocenters. The molecule has 0 nitrogen and oxygen atoms in total. The Morgan fingerprint density at radius 1 is 0.720 bits per heavy atom. The standard InChI is InChI=1S/C23H32F2/c1-15-2-4-16(5-3-15)17-6-8-18(9-7-17)19-10-12-21-20(14-19)11-13-22(24)23(21)25/h11,13,15-19H,2-10,12,14H2,1H3. The van der Waals surface area contributed by atoms with Crippen molar-refractivity contribution in [3.05, 3.63) is 34.9 Å². The molecule has 3 aliphatic rings. The van der Waals surface area contributed by atoms with Gasteiger partial charge in [0, 0.05) is 0 Å². The molecule has 0 amide bonds. The van der Waals surface area contributed by atoms with E-state index in [4.69, 9.17) is 0 Å². The average Bonchev–Trinajstić information content (AvgIpc) is 2.65. The molecule has 25 heavy (non-hydrogen) atoms. The number of halogens is 2. The fraction of sp³-hybridized carbons (Fsp3) is 0.739. The van der Waals surface area contributed by atoms with Gasteiger partial charge in [-0.3, -0.25) is 0 Å². The zero-order valence-corrected chi connectivity index (χ0v) is 15.6. The summed E-state index contributed by atoms with van der Waals surface area (Å²) < 4.78 is 27.4. The summed E-state index contributed by atoms with van der Waals surface area (Å²) in [5.74, 6) is 3.11. The van der Waals surface area contributed by atoms with Gasteiger partial charge >= 0.3 is 0 Å². The normalized spacial score (nSPS) is 36.0. The molecule has 0 radical (unpaired) electrons. The van der Waals surface area contributed by atoms with E-state index < -0.39 is 11.6 Å². The second kappa shape index (κ2) is 7.37. The van der Waals surface area contributed by atoms with Crippen molar-refractivity contribution in [1.82, 2.24) is 0 Å². The van der Waals surface area contributed by atoms with Crippen molar-refractivity contribution in [3.63, 3.8) is 0 Å². The predicted molar refractivity (Wildman–Crippen MR) is 98.4 cm³/mol. The summed E-state index contributed by atoms with van der Waals surface area (Å²) in [6.07, 6.45) is 14.1. The van der Waals surface area contributed by atoms with E-state index >= 15 is 0 Å². The molecule has 4 rings (SSSR count). The maximum absolute atomic E-state index is 14.0. The SMILES string of the molecule is CC1CCC(C2CCC(C3CCc4c(ccc(F)c4F)C3)CC2)CC1. The van der Waals surface area contributed by atoms with Gasteiger partial charge in [-0.25, -0.2) is 8.78 Å². The molecule has 1 atom stereocenters. The largest absolute Gasteiger partial charge is 0.204 e. The molecule has 2 heteroatoms. The van der Waals surface area contributed by atoms with Crippen LogP contribution in [0.3, 0.4) is 0 Å². The first-order valence-electron chi connectivity index (χ1n) is 10.6. The molecular weight excluding hydrogens is 314 g/mol. The molecule has 2 fully saturated rings. The molecule has 2 saturated carbocycles. The highest BCUT2D eigenvalue weighted by atomic mass is 19.2. The van der Waals surface area contributed by atoms with Crippen LogP contribution in [0.5, 0.6) is 0 Å². The lowest BCUT2D eigenvalue weighted by molar-refractivity contribution is 0.123. The average molecular weight is 347 g/mol. The minimum absolute atomic E-state index is 0.591. The van der Waals surface area contributed by atoms with Crippen molar-refractivity contribution in [2.45, 2.75) is 77.6 Å². The van der Waals surface area contributed by atoms with Crippen molar-refractivity contribution in [2.24, 2.45) is 29.6 Å². The van der Waals surface area contributed by atoms with Gasteiger partial charge < -0.3 is 0 Å². The summed E-state index contributed by atoms with van der Waals surface area (Å²) in [6.45, 7) is 2.41. The topological polar surface area (TPSA) is 0 Å². The number of fused-ring (bicyclic) bond motifs is 1. The second-order valence-electron chi connectivity index (χ2n) is 9.20. The van der Waals surface area contributed by atoms with Crippen molar-refractivity contribution in [1.29, 1.82) is 0 Å². The van der Waals surface area contributed by atoms with Crippen molar-refractivity contribution in [2.75, 3.05) is 0 Å². The maximum Gasteiger partial charge on any atom is 0.162 e. The minimum Gasteiger partial charge on any atom is -0.204 e. The van der Waals surface area contributed by atoms with Crippen molar-refractivity contribution < 1.29 is 8.78 Å². The lowest BCUT2D eigenvalue weighted by Gasteiger charge is -2.40. The second-order valence-corrected chi connectivity index (χ2v) is 9.20. The Labute approximate surface area is 151 Å². The van der Waals surface area contributed by atoms with Gasteiger partial charge in [-0.05, 0) is 105 Å². The van der Waals surface area contributed by atoms with Crippen LogP contribution >= 0.6 is 0 Å². The predicted octanol–water partition coefficient (Wildman–Crippen LogP) is 6.70. The highest BCUT2D eigenvalue weighted by Gasteiger charge is 2.34. The lowest BCUT2D eigenvalue weighted by Crippen LogP contribution is -2.30. The Bertz CT molecular complexity index is 592. The minimum atomic E-state index is -0.681. The monoisotopic (exact) mass is 346 g/mol. The van der Waals surface area contributed by atoms with Crippen LogP contribution in [0.1, 0.15) is 75.8 Å². The van der Waals surface area contributed by atoms with Crippen LogP contribution < -0.4 is 0 Å². The summed E-state index contributed by atoms with van der Waals surface area (Å²) in [5, 5.41) is 0. The summed E-state index contributed by atoms with van der Waals surface area (Å²) in [6, 6.07) is 3.15. The molecule has 1 aromatic carbocycles. The summed E-state index contributed by atoms with van der Waals surface area (Å²) >= 11 is 0. The summed E-state index contributed by atoms with van der Waals surface area (Å²) in [5.41, 5.74) is 1.72. The molecule has 0 saturated heterocycles. The van der Waals surface area contributed by atoms with Crippen molar-refractivity contribution >= 4 is 0 Å². The molecule has 0 bridgehead atoms. The van der Waals surface area contributed by atoms with E-state index in [1.54, 1.807) is 0 Å². The van der Waals surface area contributed by atoms with Gasteiger partial charge in [0.25, 0.3) is 0 Å². The van der Waals surface area contributed by atoms with Gasteiger partial charge in [-0.15, -0.1) is 0 Å². The first-order valence-corrected chi connectivity index (χ1v) is 10.6. The van der Waals surface area contributed by atoms with Gasteiger partial charge in [0.05, 0.1) is 0 Å². The first kappa shape index (κ1) is 17.5. The van der Waals surface area contributed by atoms with Crippen LogP contribution in [-0.4, -0.2) is 0 Å². The molecule has 1 aromatic rings. The molecule has 0 aliphatic heterocycles. The van der Waals surface area contributed by atoms with E-state index in [1.807, 2.05) is 6.07 Å². The summed E-state index contributed by atoms with van der Waals surface area (Å²) in [4.78, 5) is 0. The Morgan fingerprint density at radius 2 is 1.28 bits per heavy atom. The molecule has 3 aliphatic carbocycles. The number of hydrogen-bond acceptors (Lipinski definition) is 0. The Hall–Kier alpha value is -0.920. The smallest absolute Gasteiger partial charge is 0.162 e. The Balaban J connectivity index is 1.33. The van der Waals surface area contributed by atoms with Gasteiger partial charge in [0.2, 0.25) is 0 Å². The van der Waals surface area contributed by atoms with Gasteiger partial charge in [-0.2, -0.15) is 0 Å². The first-order chi connectivity index (χ1) is 12.1. The maximum atomic E-state index is 14.0. The molecule has 138 valence electrons. The zero-order chi connectivity index (χ0) is 17.4. The van der Waals surface area contributed by atoms with Crippen LogP contribution in [-0.2, 0) is 12.8 Å². The fourth-order valence-electron chi connectivity index (χ4n) is 6.06. The fourth-order valence-corrected chi connectivity index (χ4v) is 6.06. The van der Waals surface area contributed by atoms with E-state index in [0.717, 1.165) is 48.5 Å². The number of hydrogen-bond donors (Lipinski definition) is 0. The van der Waals surface area contributed by atoms with Crippen LogP contribution in [0.25, 0.3) is 0 Å². The number of rotatable bonds is 2. The van der Waals surface area contributed by atoms with E-state index in [9.17, 15) is 8.78 Å². The lowest BCUT2D eigenvalue weighted by atomic mass is 9.65. The third-order valence-electron chi connectivity index (χ3n) is 7.75. The molecule has 0 aromatic heterocycles. The summed E-state index contributed by atoms with van der Waals surface area (Å²) in [7, 11) is 0. The highest BCUT2D eigenvalue weighted by molar-refractivity contribution is 5.32. The molecular formula is C23H32F2. The quantitative estimate of drug-likeness (QED) is 0.559. The van der Waals surface area contributed by atoms with Crippen LogP contribution in [0.4, 0.5) is 8.78 Å². The third kappa shape index (κ3) is 3.64. The van der Waals surface area contributed by atoms with Crippen LogP contribution in [0, 0.1) is 41.2 Å². The molecule has 0 N–H and O–H groups in total. The van der Waals surface area contributed by atoms with E-state index in [0.29, 0.717) is 11.5 Å². The van der Waals surface area contributed by atoms with E-state index in [1.165, 1.54) is 57.4 Å². The van der Waals surface area contributed by atoms with E-state index in [-0.39, 0.29) is 0 Å². The Morgan fingerprint density at radius 3 is 1.92 bits per heavy atom. The molecule has 0 spiro atoms. The highest BCUT2D eigenvalue weighted by Crippen LogP contribution is 2.45. The Kier molecular flexibility index (Phi) is 5.15.